The maximum absolute atomic E-state index is 13.1. The first kappa shape index (κ1) is 19.0. The van der Waals surface area contributed by atoms with Crippen LogP contribution in [0.3, 0.4) is 0 Å². The zero-order chi connectivity index (χ0) is 20.2. The number of carbonyl (C=O) groups is 1. The Morgan fingerprint density at radius 3 is 2.55 bits per heavy atom. The summed E-state index contributed by atoms with van der Waals surface area (Å²) in [4.78, 5) is 27.6. The van der Waals surface area contributed by atoms with Crippen molar-refractivity contribution >= 4 is 5.91 Å². The number of carbonyl (C=O) groups excluding carboxylic acids is 1. The Morgan fingerprint density at radius 2 is 1.93 bits per heavy atom. The molecular formula is C20H22N6O3. The van der Waals surface area contributed by atoms with Gasteiger partial charge in [0.1, 0.15) is 5.69 Å². The van der Waals surface area contributed by atoms with Gasteiger partial charge in [-0.25, -0.2) is 9.67 Å². The number of nitrogens with zero attached hydrogens (tertiary/aromatic N) is 6. The van der Waals surface area contributed by atoms with Crippen molar-refractivity contribution in [2.75, 3.05) is 27.3 Å². The van der Waals surface area contributed by atoms with Crippen LogP contribution in [0.1, 0.15) is 23.3 Å². The van der Waals surface area contributed by atoms with Crippen molar-refractivity contribution in [2.24, 2.45) is 0 Å². The Morgan fingerprint density at radius 1 is 1.10 bits per heavy atom. The first-order chi connectivity index (χ1) is 14.2. The van der Waals surface area contributed by atoms with Crippen LogP contribution in [-0.4, -0.2) is 69.0 Å². The van der Waals surface area contributed by atoms with E-state index in [1.54, 1.807) is 55.8 Å². The summed E-state index contributed by atoms with van der Waals surface area (Å²) in [5.41, 5.74) is 2.34. The second kappa shape index (κ2) is 8.36. The summed E-state index contributed by atoms with van der Waals surface area (Å²) in [5, 5.41) is 4.57. The van der Waals surface area contributed by atoms with Gasteiger partial charge in [-0.3, -0.25) is 14.8 Å². The van der Waals surface area contributed by atoms with E-state index in [9.17, 15) is 4.79 Å². The van der Waals surface area contributed by atoms with E-state index in [0.29, 0.717) is 41.7 Å². The molecule has 9 heteroatoms. The molecule has 0 atom stereocenters. The molecule has 4 heterocycles. The zero-order valence-corrected chi connectivity index (χ0v) is 16.4. The molecule has 29 heavy (non-hydrogen) atoms. The molecule has 0 spiro atoms. The molecule has 0 radical (unpaired) electrons. The van der Waals surface area contributed by atoms with Gasteiger partial charge < -0.3 is 14.4 Å². The monoisotopic (exact) mass is 394 g/mol. The Labute approximate surface area is 168 Å². The number of likely N-dealkylation sites (tertiary alicyclic amines) is 1. The highest BCUT2D eigenvalue weighted by Gasteiger charge is 2.26. The molecule has 150 valence electrons. The Balaban J connectivity index is 1.68. The van der Waals surface area contributed by atoms with Crippen LogP contribution >= 0.6 is 0 Å². The smallest absolute Gasteiger partial charge is 0.274 e. The minimum absolute atomic E-state index is 0.107. The molecule has 0 unspecified atom stereocenters. The van der Waals surface area contributed by atoms with Gasteiger partial charge >= 0.3 is 0 Å². The molecule has 0 aromatic carbocycles. The molecule has 0 N–H and O–H groups in total. The molecule has 3 aromatic heterocycles. The van der Waals surface area contributed by atoms with E-state index >= 15 is 0 Å². The van der Waals surface area contributed by atoms with Gasteiger partial charge in [-0.1, -0.05) is 0 Å². The van der Waals surface area contributed by atoms with Crippen molar-refractivity contribution in [1.82, 2.24) is 29.6 Å². The van der Waals surface area contributed by atoms with Gasteiger partial charge in [0.05, 0.1) is 37.0 Å². The number of methoxy groups -OCH3 is 2. The summed E-state index contributed by atoms with van der Waals surface area (Å²) in [6, 6.07) is 5.32. The van der Waals surface area contributed by atoms with Crippen molar-refractivity contribution in [3.63, 3.8) is 0 Å². The van der Waals surface area contributed by atoms with Crippen LogP contribution < -0.4 is 4.74 Å². The number of hydrogen-bond donors (Lipinski definition) is 0. The minimum atomic E-state index is -0.107. The van der Waals surface area contributed by atoms with E-state index < -0.39 is 0 Å². The predicted octanol–water partition coefficient (Wildman–Crippen LogP) is 1.98. The van der Waals surface area contributed by atoms with Crippen LogP contribution in [0.25, 0.3) is 17.1 Å². The third kappa shape index (κ3) is 3.95. The fourth-order valence-corrected chi connectivity index (χ4v) is 3.37. The predicted molar refractivity (Wildman–Crippen MR) is 105 cm³/mol. The van der Waals surface area contributed by atoms with Crippen molar-refractivity contribution in [3.8, 4) is 23.0 Å². The second-order valence-electron chi connectivity index (χ2n) is 6.70. The maximum Gasteiger partial charge on any atom is 0.274 e. The molecular weight excluding hydrogens is 372 g/mol. The van der Waals surface area contributed by atoms with Gasteiger partial charge in [0, 0.05) is 38.7 Å². The van der Waals surface area contributed by atoms with Gasteiger partial charge in [0.2, 0.25) is 5.88 Å². The van der Waals surface area contributed by atoms with Crippen LogP contribution in [0.4, 0.5) is 0 Å². The number of pyridine rings is 1. The lowest BCUT2D eigenvalue weighted by Gasteiger charge is -2.30. The van der Waals surface area contributed by atoms with Gasteiger partial charge in [-0.05, 0) is 25.0 Å². The summed E-state index contributed by atoms with van der Waals surface area (Å²) < 4.78 is 12.2. The molecule has 1 fully saturated rings. The highest BCUT2D eigenvalue weighted by Crippen LogP contribution is 2.24. The summed E-state index contributed by atoms with van der Waals surface area (Å²) in [6.07, 6.45) is 8.34. The summed E-state index contributed by atoms with van der Waals surface area (Å²) in [6.45, 7) is 1.30. The highest BCUT2D eigenvalue weighted by atomic mass is 16.5. The van der Waals surface area contributed by atoms with E-state index in [4.69, 9.17) is 9.47 Å². The third-order valence-electron chi connectivity index (χ3n) is 4.99. The summed E-state index contributed by atoms with van der Waals surface area (Å²) in [7, 11) is 3.27. The molecule has 0 aliphatic carbocycles. The lowest BCUT2D eigenvalue weighted by Crippen LogP contribution is -2.40. The van der Waals surface area contributed by atoms with Gasteiger partial charge in [0.15, 0.2) is 5.69 Å². The van der Waals surface area contributed by atoms with Crippen LogP contribution in [0.2, 0.25) is 0 Å². The fraction of sp³-hybridized carbons (Fsp3) is 0.350. The zero-order valence-electron chi connectivity index (χ0n) is 16.4. The van der Waals surface area contributed by atoms with Crippen molar-refractivity contribution in [3.05, 3.63) is 48.7 Å². The average molecular weight is 394 g/mol. The molecule has 9 nitrogen and oxygen atoms in total. The largest absolute Gasteiger partial charge is 0.481 e. The lowest BCUT2D eigenvalue weighted by atomic mass is 10.1. The van der Waals surface area contributed by atoms with E-state index in [0.717, 1.165) is 12.8 Å². The number of ether oxygens (including phenoxy) is 2. The molecule has 0 bridgehead atoms. The van der Waals surface area contributed by atoms with E-state index in [1.165, 1.54) is 0 Å². The number of amides is 1. The van der Waals surface area contributed by atoms with Crippen molar-refractivity contribution in [1.29, 1.82) is 0 Å². The summed E-state index contributed by atoms with van der Waals surface area (Å²) in [5.74, 6) is 0.393. The molecule has 1 aliphatic rings. The molecule has 3 aromatic rings. The van der Waals surface area contributed by atoms with Crippen molar-refractivity contribution < 1.29 is 14.3 Å². The topological polar surface area (TPSA) is 95.3 Å². The SMILES string of the molecule is COc1ccc(-n2nc(C(=O)N3CCC(OC)CC3)cc2-c2cnccn2)cn1. The van der Waals surface area contributed by atoms with Crippen molar-refractivity contribution in [2.45, 2.75) is 18.9 Å². The molecule has 0 saturated carbocycles. The fourth-order valence-electron chi connectivity index (χ4n) is 3.37. The number of rotatable bonds is 5. The van der Waals surface area contributed by atoms with Gasteiger partial charge in [0.25, 0.3) is 5.91 Å². The van der Waals surface area contributed by atoms with E-state index in [-0.39, 0.29) is 12.0 Å². The quantitative estimate of drug-likeness (QED) is 0.653. The Kier molecular flexibility index (Phi) is 5.48. The second-order valence-corrected chi connectivity index (χ2v) is 6.70. The first-order valence-corrected chi connectivity index (χ1v) is 9.38. The molecule has 1 saturated heterocycles. The lowest BCUT2D eigenvalue weighted by molar-refractivity contribution is 0.0347. The molecule has 1 aliphatic heterocycles. The average Bonchev–Trinajstić information content (AvgIpc) is 3.25. The van der Waals surface area contributed by atoms with Gasteiger partial charge in [-0.2, -0.15) is 5.10 Å². The number of hydrogen-bond acceptors (Lipinski definition) is 7. The highest BCUT2D eigenvalue weighted by molar-refractivity contribution is 5.93. The van der Waals surface area contributed by atoms with Crippen LogP contribution in [0, 0.1) is 0 Å². The standard InChI is InChI=1S/C20H22N6O3/c1-28-15-5-9-25(10-6-15)20(27)16-11-18(17-13-21-7-8-22-17)26(24-16)14-3-4-19(29-2)23-12-14/h3-4,7-8,11-13,15H,5-6,9-10H2,1-2H3. The Bertz CT molecular complexity index is 966. The van der Waals surface area contributed by atoms with Gasteiger partial charge in [-0.15, -0.1) is 0 Å². The summed E-state index contributed by atoms with van der Waals surface area (Å²) >= 11 is 0. The minimum Gasteiger partial charge on any atom is -0.481 e. The van der Waals surface area contributed by atoms with Crippen LogP contribution in [0.5, 0.6) is 5.88 Å². The van der Waals surface area contributed by atoms with E-state index in [2.05, 4.69) is 20.1 Å². The van der Waals surface area contributed by atoms with Crippen LogP contribution in [-0.2, 0) is 4.74 Å². The first-order valence-electron chi connectivity index (χ1n) is 9.38. The maximum atomic E-state index is 13.1. The number of aromatic nitrogens is 5. The van der Waals surface area contributed by atoms with E-state index in [1.807, 2.05) is 11.0 Å². The third-order valence-corrected chi connectivity index (χ3v) is 4.99. The van der Waals surface area contributed by atoms with Crippen LogP contribution in [0.15, 0.2) is 43.0 Å². The normalized spacial score (nSPS) is 14.8. The molecule has 1 amide bonds. The Hall–Kier alpha value is -3.33. The molecule has 4 rings (SSSR count). The number of piperidine rings is 1.